The van der Waals surface area contributed by atoms with E-state index in [9.17, 15) is 13.2 Å². The number of amides is 1. The largest absolute Gasteiger partial charge is 0.321 e. The standard InChI is InChI=1S/C15H16N2O3S/c1-10-7-8-12(9-11(10)2)15(18)17-13-5-3-4-6-14(13)21(16,19)20/h3-9H,1-2H3,(H,17,18)(H2,16,19,20). The Kier molecular flexibility index (Phi) is 4.11. The van der Waals surface area contributed by atoms with Gasteiger partial charge in [-0.2, -0.15) is 0 Å². The summed E-state index contributed by atoms with van der Waals surface area (Å²) < 4.78 is 23.0. The number of benzene rings is 2. The van der Waals surface area contributed by atoms with Crippen LogP contribution in [0.5, 0.6) is 0 Å². The molecule has 0 aromatic heterocycles. The Bertz CT molecular complexity index is 798. The van der Waals surface area contributed by atoms with Crippen LogP contribution in [-0.2, 0) is 10.0 Å². The topological polar surface area (TPSA) is 89.3 Å². The molecular weight excluding hydrogens is 288 g/mol. The molecule has 2 rings (SSSR count). The van der Waals surface area contributed by atoms with Gasteiger partial charge in [0.1, 0.15) is 4.90 Å². The van der Waals surface area contributed by atoms with Crippen LogP contribution < -0.4 is 10.5 Å². The van der Waals surface area contributed by atoms with E-state index in [1.54, 1.807) is 24.3 Å². The Labute approximate surface area is 123 Å². The number of nitrogens with two attached hydrogens (primary N) is 1. The molecule has 0 saturated heterocycles. The predicted molar refractivity (Wildman–Crippen MR) is 81.7 cm³/mol. The van der Waals surface area contributed by atoms with Gasteiger partial charge in [-0.3, -0.25) is 4.79 Å². The van der Waals surface area contributed by atoms with E-state index in [0.29, 0.717) is 5.56 Å². The van der Waals surface area contributed by atoms with E-state index in [0.717, 1.165) is 11.1 Å². The van der Waals surface area contributed by atoms with Gasteiger partial charge >= 0.3 is 0 Å². The molecule has 0 spiro atoms. The maximum atomic E-state index is 12.2. The SMILES string of the molecule is Cc1ccc(C(=O)Nc2ccccc2S(N)(=O)=O)cc1C. The molecule has 3 N–H and O–H groups in total. The van der Waals surface area contributed by atoms with Gasteiger partial charge in [-0.05, 0) is 49.2 Å². The maximum Gasteiger partial charge on any atom is 0.255 e. The molecule has 0 atom stereocenters. The van der Waals surface area contributed by atoms with Crippen LogP contribution >= 0.6 is 0 Å². The van der Waals surface area contributed by atoms with E-state index in [1.165, 1.54) is 12.1 Å². The molecule has 0 unspecified atom stereocenters. The number of rotatable bonds is 3. The molecule has 0 fully saturated rings. The lowest BCUT2D eigenvalue weighted by Gasteiger charge is -2.10. The van der Waals surface area contributed by atoms with Gasteiger partial charge in [0.25, 0.3) is 5.91 Å². The van der Waals surface area contributed by atoms with Crippen LogP contribution in [0.15, 0.2) is 47.4 Å². The fraction of sp³-hybridized carbons (Fsp3) is 0.133. The zero-order valence-corrected chi connectivity index (χ0v) is 12.6. The second kappa shape index (κ2) is 5.67. The molecule has 110 valence electrons. The molecule has 0 aliphatic rings. The molecule has 0 saturated carbocycles. The minimum absolute atomic E-state index is 0.109. The molecule has 2 aromatic rings. The highest BCUT2D eigenvalue weighted by Crippen LogP contribution is 2.20. The smallest absolute Gasteiger partial charge is 0.255 e. The zero-order valence-electron chi connectivity index (χ0n) is 11.8. The van der Waals surface area contributed by atoms with Crippen LogP contribution in [0, 0.1) is 13.8 Å². The molecular formula is C15H16N2O3S. The molecule has 1 amide bonds. The Balaban J connectivity index is 2.34. The van der Waals surface area contributed by atoms with Crippen LogP contribution in [0.4, 0.5) is 5.69 Å². The molecule has 0 aliphatic heterocycles. The highest BCUT2D eigenvalue weighted by Gasteiger charge is 2.16. The van der Waals surface area contributed by atoms with Crippen molar-refractivity contribution in [2.45, 2.75) is 18.7 Å². The maximum absolute atomic E-state index is 12.2. The number of carbonyl (C=O) groups is 1. The van der Waals surface area contributed by atoms with E-state index in [4.69, 9.17) is 5.14 Å². The van der Waals surface area contributed by atoms with Gasteiger partial charge in [0, 0.05) is 5.56 Å². The summed E-state index contributed by atoms with van der Waals surface area (Å²) in [6.07, 6.45) is 0. The lowest BCUT2D eigenvalue weighted by molar-refractivity contribution is 0.102. The molecule has 2 aromatic carbocycles. The molecule has 0 heterocycles. The fourth-order valence-corrected chi connectivity index (χ4v) is 2.59. The van der Waals surface area contributed by atoms with Gasteiger partial charge < -0.3 is 5.32 Å². The summed E-state index contributed by atoms with van der Waals surface area (Å²) in [7, 11) is -3.89. The monoisotopic (exact) mass is 304 g/mol. The summed E-state index contributed by atoms with van der Waals surface area (Å²) >= 11 is 0. The average molecular weight is 304 g/mol. The van der Waals surface area contributed by atoms with Gasteiger partial charge in [0.15, 0.2) is 0 Å². The summed E-state index contributed by atoms with van der Waals surface area (Å²) in [4.78, 5) is 12.1. The van der Waals surface area contributed by atoms with Crippen molar-refractivity contribution >= 4 is 21.6 Å². The van der Waals surface area contributed by atoms with Crippen molar-refractivity contribution < 1.29 is 13.2 Å². The Hall–Kier alpha value is -2.18. The number of sulfonamides is 1. The number of nitrogens with one attached hydrogen (secondary N) is 1. The Morgan fingerprint density at radius 3 is 2.33 bits per heavy atom. The predicted octanol–water partition coefficient (Wildman–Crippen LogP) is 2.20. The van der Waals surface area contributed by atoms with Crippen LogP contribution in [0.3, 0.4) is 0 Å². The summed E-state index contributed by atoms with van der Waals surface area (Å²) in [6, 6.07) is 11.3. The quantitative estimate of drug-likeness (QED) is 0.911. The first-order valence-electron chi connectivity index (χ1n) is 6.29. The van der Waals surface area contributed by atoms with E-state index in [1.807, 2.05) is 19.9 Å². The number of aryl methyl sites for hydroxylation is 2. The highest BCUT2D eigenvalue weighted by molar-refractivity contribution is 7.89. The number of hydrogen-bond acceptors (Lipinski definition) is 3. The number of para-hydroxylation sites is 1. The highest BCUT2D eigenvalue weighted by atomic mass is 32.2. The second-order valence-electron chi connectivity index (χ2n) is 4.79. The average Bonchev–Trinajstić information content (AvgIpc) is 2.41. The molecule has 0 aliphatic carbocycles. The molecule has 5 nitrogen and oxygen atoms in total. The van der Waals surface area contributed by atoms with Crippen molar-refractivity contribution in [3.05, 3.63) is 59.2 Å². The minimum atomic E-state index is -3.89. The van der Waals surface area contributed by atoms with Crippen molar-refractivity contribution in [2.24, 2.45) is 5.14 Å². The van der Waals surface area contributed by atoms with Crippen molar-refractivity contribution in [2.75, 3.05) is 5.32 Å². The van der Waals surface area contributed by atoms with E-state index < -0.39 is 10.0 Å². The summed E-state index contributed by atoms with van der Waals surface area (Å²) in [5, 5.41) is 7.72. The van der Waals surface area contributed by atoms with Crippen molar-refractivity contribution in [1.29, 1.82) is 0 Å². The van der Waals surface area contributed by atoms with Crippen molar-refractivity contribution in [3.8, 4) is 0 Å². The summed E-state index contributed by atoms with van der Waals surface area (Å²) in [5.41, 5.74) is 2.70. The van der Waals surface area contributed by atoms with E-state index in [-0.39, 0.29) is 16.5 Å². The first-order chi connectivity index (χ1) is 9.79. The van der Waals surface area contributed by atoms with Crippen molar-refractivity contribution in [3.63, 3.8) is 0 Å². The Morgan fingerprint density at radius 1 is 1.05 bits per heavy atom. The normalized spacial score (nSPS) is 11.2. The lowest BCUT2D eigenvalue weighted by Crippen LogP contribution is -2.18. The van der Waals surface area contributed by atoms with Gasteiger partial charge in [-0.15, -0.1) is 0 Å². The zero-order chi connectivity index (χ0) is 15.6. The number of carbonyl (C=O) groups excluding carboxylic acids is 1. The molecule has 21 heavy (non-hydrogen) atoms. The van der Waals surface area contributed by atoms with Gasteiger partial charge in [0.05, 0.1) is 5.69 Å². The number of anilines is 1. The third-order valence-corrected chi connectivity index (χ3v) is 4.18. The van der Waals surface area contributed by atoms with Gasteiger partial charge in [-0.1, -0.05) is 18.2 Å². The lowest BCUT2D eigenvalue weighted by atomic mass is 10.1. The van der Waals surface area contributed by atoms with E-state index in [2.05, 4.69) is 5.32 Å². The Morgan fingerprint density at radius 2 is 1.71 bits per heavy atom. The third kappa shape index (κ3) is 3.48. The van der Waals surface area contributed by atoms with Crippen LogP contribution in [0.2, 0.25) is 0 Å². The molecule has 6 heteroatoms. The van der Waals surface area contributed by atoms with E-state index >= 15 is 0 Å². The molecule has 0 bridgehead atoms. The fourth-order valence-electron chi connectivity index (χ4n) is 1.90. The van der Waals surface area contributed by atoms with Crippen LogP contribution in [-0.4, -0.2) is 14.3 Å². The first-order valence-corrected chi connectivity index (χ1v) is 7.84. The van der Waals surface area contributed by atoms with Gasteiger partial charge in [-0.25, -0.2) is 13.6 Å². The van der Waals surface area contributed by atoms with Crippen LogP contribution in [0.25, 0.3) is 0 Å². The molecule has 0 radical (unpaired) electrons. The number of hydrogen-bond donors (Lipinski definition) is 2. The summed E-state index contributed by atoms with van der Waals surface area (Å²) in [5.74, 6) is -0.380. The number of primary sulfonamides is 1. The van der Waals surface area contributed by atoms with Crippen LogP contribution in [0.1, 0.15) is 21.5 Å². The summed E-state index contributed by atoms with van der Waals surface area (Å²) in [6.45, 7) is 3.86. The third-order valence-electron chi connectivity index (χ3n) is 3.21. The second-order valence-corrected chi connectivity index (χ2v) is 6.32. The van der Waals surface area contributed by atoms with Gasteiger partial charge in [0.2, 0.25) is 10.0 Å². The van der Waals surface area contributed by atoms with Crippen molar-refractivity contribution in [1.82, 2.24) is 0 Å². The minimum Gasteiger partial charge on any atom is -0.321 e. The first kappa shape index (κ1) is 15.2.